The summed E-state index contributed by atoms with van der Waals surface area (Å²) < 4.78 is 10.6. The molecule has 0 amide bonds. The van der Waals surface area contributed by atoms with Crippen molar-refractivity contribution in [3.8, 4) is 5.75 Å². The van der Waals surface area contributed by atoms with Crippen LogP contribution in [0, 0.1) is 0 Å². The van der Waals surface area contributed by atoms with Crippen LogP contribution in [-0.4, -0.2) is 24.3 Å². The molecule has 0 fully saturated rings. The number of rotatable bonds is 8. The number of hydrogen-bond acceptors (Lipinski definition) is 4. The fourth-order valence-electron chi connectivity index (χ4n) is 2.46. The first-order chi connectivity index (χ1) is 11.6. The molecule has 2 rings (SSSR count). The third-order valence-electron chi connectivity index (χ3n) is 3.79. The van der Waals surface area contributed by atoms with E-state index in [9.17, 15) is 9.90 Å². The zero-order valence-electron chi connectivity index (χ0n) is 14.2. The summed E-state index contributed by atoms with van der Waals surface area (Å²) in [5.74, 6) is 0.0292. The molecule has 1 unspecified atom stereocenters. The van der Waals surface area contributed by atoms with E-state index in [1.807, 2.05) is 49.4 Å². The predicted octanol–water partition coefficient (Wildman–Crippen LogP) is 4.01. The van der Waals surface area contributed by atoms with Gasteiger partial charge in [-0.15, -0.1) is 0 Å². The third-order valence-corrected chi connectivity index (χ3v) is 3.79. The van der Waals surface area contributed by atoms with Gasteiger partial charge in [-0.05, 0) is 42.7 Å². The summed E-state index contributed by atoms with van der Waals surface area (Å²) in [5.41, 5.74) is 2.97. The Morgan fingerprint density at radius 3 is 2.62 bits per heavy atom. The van der Waals surface area contributed by atoms with Gasteiger partial charge in [0, 0.05) is 6.42 Å². The molecule has 24 heavy (non-hydrogen) atoms. The van der Waals surface area contributed by atoms with Crippen molar-refractivity contribution in [2.24, 2.45) is 0 Å². The molecule has 2 aromatic carbocycles. The van der Waals surface area contributed by atoms with Crippen molar-refractivity contribution in [1.29, 1.82) is 0 Å². The quantitative estimate of drug-likeness (QED) is 0.744. The van der Waals surface area contributed by atoms with Crippen molar-refractivity contribution in [2.45, 2.75) is 32.8 Å². The monoisotopic (exact) mass is 328 g/mol. The van der Waals surface area contributed by atoms with Gasteiger partial charge in [0.1, 0.15) is 5.75 Å². The highest BCUT2D eigenvalue weighted by Gasteiger charge is 2.11. The van der Waals surface area contributed by atoms with Gasteiger partial charge in [-0.25, -0.2) is 0 Å². The van der Waals surface area contributed by atoms with E-state index >= 15 is 0 Å². The van der Waals surface area contributed by atoms with Crippen LogP contribution in [0.25, 0.3) is 0 Å². The second-order valence-electron chi connectivity index (χ2n) is 5.62. The lowest BCUT2D eigenvalue weighted by Crippen LogP contribution is -2.10. The van der Waals surface area contributed by atoms with Crippen molar-refractivity contribution in [1.82, 2.24) is 0 Å². The van der Waals surface area contributed by atoms with Crippen molar-refractivity contribution in [3.05, 3.63) is 65.2 Å². The Balaban J connectivity index is 1.97. The van der Waals surface area contributed by atoms with Gasteiger partial charge in [-0.2, -0.15) is 0 Å². The molecular weight excluding hydrogens is 304 g/mol. The Morgan fingerprint density at radius 1 is 1.17 bits per heavy atom. The molecule has 0 saturated carbocycles. The van der Waals surface area contributed by atoms with Gasteiger partial charge in [-0.3, -0.25) is 4.79 Å². The summed E-state index contributed by atoms with van der Waals surface area (Å²) in [7, 11) is 0. The summed E-state index contributed by atoms with van der Waals surface area (Å²) in [5, 5.41) is 10.1. The second-order valence-corrected chi connectivity index (χ2v) is 5.62. The molecule has 1 atom stereocenters. The van der Waals surface area contributed by atoms with Crippen LogP contribution in [0.1, 0.15) is 43.1 Å². The highest BCUT2D eigenvalue weighted by molar-refractivity contribution is 5.69. The molecule has 1 N–H and O–H groups in total. The van der Waals surface area contributed by atoms with Gasteiger partial charge >= 0.3 is 5.97 Å². The van der Waals surface area contributed by atoms with Crippen LogP contribution in [-0.2, 0) is 20.7 Å². The van der Waals surface area contributed by atoms with E-state index in [-0.39, 0.29) is 24.2 Å². The minimum atomic E-state index is -0.250. The Bertz CT molecular complexity index is 652. The van der Waals surface area contributed by atoms with E-state index in [1.165, 1.54) is 0 Å². The van der Waals surface area contributed by atoms with Crippen LogP contribution in [0.5, 0.6) is 5.75 Å². The number of aromatic hydroxyl groups is 1. The number of esters is 1. The molecule has 0 heterocycles. The van der Waals surface area contributed by atoms with E-state index < -0.39 is 0 Å². The first-order valence-electron chi connectivity index (χ1n) is 8.23. The van der Waals surface area contributed by atoms with Gasteiger partial charge in [0.05, 0.1) is 25.7 Å². The van der Waals surface area contributed by atoms with Crippen molar-refractivity contribution in [3.63, 3.8) is 0 Å². The lowest BCUT2D eigenvalue weighted by atomic mass is 10.00. The first-order valence-corrected chi connectivity index (χ1v) is 8.23. The maximum Gasteiger partial charge on any atom is 0.308 e. The molecule has 0 aromatic heterocycles. The molecular formula is C20H24O4. The highest BCUT2D eigenvalue weighted by Crippen LogP contribution is 2.26. The number of phenols is 1. The van der Waals surface area contributed by atoms with Crippen molar-refractivity contribution < 1.29 is 19.4 Å². The summed E-state index contributed by atoms with van der Waals surface area (Å²) >= 11 is 0. The van der Waals surface area contributed by atoms with Gasteiger partial charge < -0.3 is 14.6 Å². The van der Waals surface area contributed by atoms with Gasteiger partial charge in [-0.1, -0.05) is 36.4 Å². The minimum Gasteiger partial charge on any atom is -0.508 e. The average molecular weight is 328 g/mol. The lowest BCUT2D eigenvalue weighted by molar-refractivity contribution is -0.144. The van der Waals surface area contributed by atoms with Crippen LogP contribution in [0.3, 0.4) is 0 Å². The Labute approximate surface area is 143 Å². The number of carbonyl (C=O) groups excluding carboxylic acids is 1. The first kappa shape index (κ1) is 18.0. The maximum absolute atomic E-state index is 11.3. The molecule has 0 bridgehead atoms. The molecule has 128 valence electrons. The minimum absolute atomic E-state index is 0.158. The van der Waals surface area contributed by atoms with Crippen LogP contribution >= 0.6 is 0 Å². The van der Waals surface area contributed by atoms with Crippen molar-refractivity contribution in [2.75, 3.05) is 13.2 Å². The van der Waals surface area contributed by atoms with Crippen LogP contribution in [0.15, 0.2) is 48.5 Å². The summed E-state index contributed by atoms with van der Waals surface area (Å²) in [6.45, 7) is 4.42. The smallest absolute Gasteiger partial charge is 0.308 e. The fraction of sp³-hybridized carbons (Fsp3) is 0.350. The highest BCUT2D eigenvalue weighted by atomic mass is 16.5. The molecule has 0 saturated heterocycles. The SMILES string of the molecule is CCOC(=O)CCOC(C)c1ccc(O)c(Cc2ccccc2)c1. The number of carbonyl (C=O) groups is 1. The molecule has 0 spiro atoms. The van der Waals surface area contributed by atoms with Gasteiger partial charge in [0.2, 0.25) is 0 Å². The molecule has 0 aliphatic carbocycles. The molecule has 0 radical (unpaired) electrons. The summed E-state index contributed by atoms with van der Waals surface area (Å²) in [6, 6.07) is 15.5. The predicted molar refractivity (Wildman–Crippen MR) is 93.0 cm³/mol. The molecule has 0 aliphatic heterocycles. The van der Waals surface area contributed by atoms with Crippen LogP contribution in [0.2, 0.25) is 0 Å². The summed E-state index contributed by atoms with van der Waals surface area (Å²) in [6.07, 6.45) is 0.748. The molecule has 0 aliphatic rings. The molecule has 4 heteroatoms. The van der Waals surface area contributed by atoms with E-state index in [0.29, 0.717) is 19.6 Å². The zero-order chi connectivity index (χ0) is 17.4. The average Bonchev–Trinajstić information content (AvgIpc) is 2.58. The van der Waals surface area contributed by atoms with Crippen LogP contribution < -0.4 is 0 Å². The zero-order valence-corrected chi connectivity index (χ0v) is 14.2. The molecule has 4 nitrogen and oxygen atoms in total. The Kier molecular flexibility index (Phi) is 6.82. The third kappa shape index (κ3) is 5.39. The lowest BCUT2D eigenvalue weighted by Gasteiger charge is -2.15. The Morgan fingerprint density at radius 2 is 1.92 bits per heavy atom. The Hall–Kier alpha value is -2.33. The van der Waals surface area contributed by atoms with E-state index in [2.05, 4.69) is 0 Å². The maximum atomic E-state index is 11.3. The van der Waals surface area contributed by atoms with E-state index in [1.54, 1.807) is 13.0 Å². The van der Waals surface area contributed by atoms with E-state index in [0.717, 1.165) is 16.7 Å². The number of phenolic OH excluding ortho intramolecular Hbond substituents is 1. The number of ether oxygens (including phenoxy) is 2. The van der Waals surface area contributed by atoms with Gasteiger partial charge in [0.15, 0.2) is 0 Å². The second kappa shape index (κ2) is 9.08. The largest absolute Gasteiger partial charge is 0.508 e. The van der Waals surface area contributed by atoms with E-state index in [4.69, 9.17) is 9.47 Å². The standard InChI is InChI=1S/C20H24O4/c1-3-23-20(22)11-12-24-15(2)17-9-10-19(21)18(14-17)13-16-7-5-4-6-8-16/h4-10,14-15,21H,3,11-13H2,1-2H3. The number of hydrogen-bond donors (Lipinski definition) is 1. The van der Waals surface area contributed by atoms with Gasteiger partial charge in [0.25, 0.3) is 0 Å². The van der Waals surface area contributed by atoms with Crippen LogP contribution in [0.4, 0.5) is 0 Å². The summed E-state index contributed by atoms with van der Waals surface area (Å²) in [4.78, 5) is 11.3. The topological polar surface area (TPSA) is 55.8 Å². The number of benzene rings is 2. The molecule has 2 aromatic rings. The normalized spacial score (nSPS) is 11.9. The van der Waals surface area contributed by atoms with Crippen molar-refractivity contribution >= 4 is 5.97 Å². The fourth-order valence-corrected chi connectivity index (χ4v) is 2.46.